The van der Waals surface area contributed by atoms with E-state index in [1.807, 2.05) is 6.92 Å². The maximum atomic E-state index is 13.6. The zero-order valence-electron chi connectivity index (χ0n) is 19.2. The number of rotatable bonds is 7. The quantitative estimate of drug-likeness (QED) is 0.230. The highest BCUT2D eigenvalue weighted by Gasteiger charge is 2.87. The predicted molar refractivity (Wildman–Crippen MR) is 116 cm³/mol. The second-order valence-electron chi connectivity index (χ2n) is 10.0. The van der Waals surface area contributed by atoms with Crippen LogP contribution in [0, 0.1) is 17.8 Å². The molecule has 0 radical (unpaired) electrons. The molecule has 4 rings (SSSR count). The SMILES string of the molecule is COC(=O)[C@]12O[C@@]1(CC(CO)=C(C)CCC1CCNC(N)C1)C(=O)C1CCCCC1C2=O. The summed E-state index contributed by atoms with van der Waals surface area (Å²) in [5, 5.41) is 13.4. The fourth-order valence-electron chi connectivity index (χ4n) is 6.26. The molecule has 8 nitrogen and oxygen atoms in total. The number of hydrogen-bond donors (Lipinski definition) is 3. The van der Waals surface area contributed by atoms with Crippen molar-refractivity contribution in [1.82, 2.24) is 5.32 Å². The fourth-order valence-corrected chi connectivity index (χ4v) is 6.26. The van der Waals surface area contributed by atoms with Crippen molar-refractivity contribution >= 4 is 17.5 Å². The second kappa shape index (κ2) is 8.97. The molecule has 4 aliphatic rings. The third-order valence-electron chi connectivity index (χ3n) is 8.24. The highest BCUT2D eigenvalue weighted by atomic mass is 16.7. The molecule has 32 heavy (non-hydrogen) atoms. The molecule has 0 amide bonds. The van der Waals surface area contributed by atoms with E-state index >= 15 is 0 Å². The number of fused-ring (bicyclic) bond motifs is 2. The lowest BCUT2D eigenvalue weighted by atomic mass is 9.60. The Kier molecular flexibility index (Phi) is 6.60. The van der Waals surface area contributed by atoms with Crippen LogP contribution in [0.15, 0.2) is 11.1 Å². The molecule has 2 heterocycles. The summed E-state index contributed by atoms with van der Waals surface area (Å²) in [4.78, 5) is 39.8. The van der Waals surface area contributed by atoms with Crippen LogP contribution in [0.2, 0.25) is 0 Å². The normalized spacial score (nSPS) is 39.6. The van der Waals surface area contributed by atoms with Crippen LogP contribution in [0.5, 0.6) is 0 Å². The molecule has 8 heteroatoms. The van der Waals surface area contributed by atoms with Gasteiger partial charge >= 0.3 is 5.97 Å². The van der Waals surface area contributed by atoms with Crippen molar-refractivity contribution in [2.45, 2.75) is 82.1 Å². The summed E-state index contributed by atoms with van der Waals surface area (Å²) in [6, 6.07) is 0. The van der Waals surface area contributed by atoms with Crippen molar-refractivity contribution < 1.29 is 29.0 Å². The summed E-state index contributed by atoms with van der Waals surface area (Å²) >= 11 is 0. The van der Waals surface area contributed by atoms with E-state index in [1.54, 1.807) is 0 Å². The molecule has 2 saturated carbocycles. The Morgan fingerprint density at radius 1 is 1.22 bits per heavy atom. The zero-order valence-corrected chi connectivity index (χ0v) is 19.2. The number of aliphatic hydroxyl groups excluding tert-OH is 1. The average molecular weight is 449 g/mol. The summed E-state index contributed by atoms with van der Waals surface area (Å²) in [5.74, 6) is -1.65. The number of ketones is 2. The molecule has 4 fully saturated rings. The van der Waals surface area contributed by atoms with Gasteiger partial charge in [-0.25, -0.2) is 4.79 Å². The van der Waals surface area contributed by atoms with Crippen LogP contribution < -0.4 is 11.1 Å². The molecule has 178 valence electrons. The van der Waals surface area contributed by atoms with Crippen LogP contribution in [-0.4, -0.2) is 60.3 Å². The van der Waals surface area contributed by atoms with Crippen molar-refractivity contribution in [2.75, 3.05) is 20.3 Å². The molecule has 2 aliphatic heterocycles. The number of nitrogens with one attached hydrogen (secondary N) is 1. The van der Waals surface area contributed by atoms with Gasteiger partial charge in [0, 0.05) is 18.3 Å². The van der Waals surface area contributed by atoms with E-state index in [9.17, 15) is 19.5 Å². The third-order valence-corrected chi connectivity index (χ3v) is 8.24. The van der Waals surface area contributed by atoms with E-state index in [0.717, 1.165) is 50.6 Å². The molecule has 4 unspecified atom stereocenters. The Bertz CT molecular complexity index is 825. The van der Waals surface area contributed by atoms with Gasteiger partial charge in [-0.1, -0.05) is 18.4 Å². The number of methoxy groups -OCH3 is 1. The summed E-state index contributed by atoms with van der Waals surface area (Å²) in [5.41, 5.74) is 4.28. The number of piperidine rings is 1. The van der Waals surface area contributed by atoms with Crippen molar-refractivity contribution in [3.05, 3.63) is 11.1 Å². The fraction of sp³-hybridized carbons (Fsp3) is 0.792. The third kappa shape index (κ3) is 3.65. The van der Waals surface area contributed by atoms with Gasteiger partial charge in [0.05, 0.1) is 19.9 Å². The molecule has 0 aromatic rings. The lowest BCUT2D eigenvalue weighted by Gasteiger charge is -2.37. The molecule has 4 N–H and O–H groups in total. The molecule has 6 atom stereocenters. The largest absolute Gasteiger partial charge is 0.466 e. The Balaban J connectivity index is 1.57. The number of ether oxygens (including phenoxy) is 2. The van der Waals surface area contributed by atoms with Gasteiger partial charge in [0.1, 0.15) is 0 Å². The lowest BCUT2D eigenvalue weighted by molar-refractivity contribution is -0.156. The molecule has 2 saturated heterocycles. The Labute approximate surface area is 189 Å². The number of epoxide rings is 1. The Morgan fingerprint density at radius 2 is 1.91 bits per heavy atom. The smallest absolute Gasteiger partial charge is 0.349 e. The monoisotopic (exact) mass is 448 g/mol. The van der Waals surface area contributed by atoms with E-state index in [0.29, 0.717) is 24.3 Å². The number of aliphatic hydroxyl groups is 1. The first-order chi connectivity index (χ1) is 15.3. The standard InChI is InChI=1S/C24H36N2O6/c1-14(7-8-15-9-10-26-19(25)11-15)16(13-27)12-23-20(28)17-5-3-4-6-18(17)21(29)24(23,32-23)22(30)31-2/h15,17-19,26-27H,3-13,25H2,1-2H3/t15?,17?,18?,19?,23-,24-/m0/s1. The van der Waals surface area contributed by atoms with Gasteiger partial charge in [-0.2, -0.15) is 0 Å². The van der Waals surface area contributed by atoms with Crippen LogP contribution in [-0.2, 0) is 23.9 Å². The minimum Gasteiger partial charge on any atom is -0.466 e. The summed E-state index contributed by atoms with van der Waals surface area (Å²) in [7, 11) is 1.21. The highest BCUT2D eigenvalue weighted by Crippen LogP contribution is 2.62. The molecule has 2 aliphatic carbocycles. The number of esters is 1. The van der Waals surface area contributed by atoms with Crippen molar-refractivity contribution in [3.63, 3.8) is 0 Å². The first kappa shape index (κ1) is 23.5. The molecular weight excluding hydrogens is 412 g/mol. The molecule has 0 aromatic carbocycles. The van der Waals surface area contributed by atoms with Crippen molar-refractivity contribution in [2.24, 2.45) is 23.5 Å². The zero-order chi connectivity index (χ0) is 23.1. The van der Waals surface area contributed by atoms with Gasteiger partial charge in [-0.15, -0.1) is 0 Å². The number of hydrogen-bond acceptors (Lipinski definition) is 8. The van der Waals surface area contributed by atoms with Gasteiger partial charge in [0.25, 0.3) is 5.60 Å². The van der Waals surface area contributed by atoms with Gasteiger partial charge in [-0.3, -0.25) is 9.59 Å². The summed E-state index contributed by atoms with van der Waals surface area (Å²) in [6.07, 6.45) is 6.76. The van der Waals surface area contributed by atoms with Crippen molar-refractivity contribution in [3.8, 4) is 0 Å². The van der Waals surface area contributed by atoms with Gasteiger partial charge in [0.15, 0.2) is 17.2 Å². The molecule has 0 spiro atoms. The first-order valence-electron chi connectivity index (χ1n) is 11.9. The molecular formula is C24H36N2O6. The van der Waals surface area contributed by atoms with E-state index in [4.69, 9.17) is 15.2 Å². The number of allylic oxidation sites excluding steroid dienone is 1. The number of carbonyl (C=O) groups is 3. The van der Waals surface area contributed by atoms with E-state index < -0.39 is 29.0 Å². The second-order valence-corrected chi connectivity index (χ2v) is 10.0. The maximum absolute atomic E-state index is 13.6. The van der Waals surface area contributed by atoms with Crippen molar-refractivity contribution in [1.29, 1.82) is 0 Å². The lowest BCUT2D eigenvalue weighted by Crippen LogP contribution is -2.58. The topological polar surface area (TPSA) is 131 Å². The minimum atomic E-state index is -1.85. The predicted octanol–water partition coefficient (Wildman–Crippen LogP) is 1.39. The maximum Gasteiger partial charge on any atom is 0.349 e. The minimum absolute atomic E-state index is 0.0177. The van der Waals surface area contributed by atoms with Crippen LogP contribution in [0.1, 0.15) is 64.7 Å². The van der Waals surface area contributed by atoms with Crippen LogP contribution in [0.3, 0.4) is 0 Å². The average Bonchev–Trinajstić information content (AvgIpc) is 3.50. The Hall–Kier alpha value is -1.61. The first-order valence-corrected chi connectivity index (χ1v) is 11.9. The van der Waals surface area contributed by atoms with Crippen LogP contribution >= 0.6 is 0 Å². The highest BCUT2D eigenvalue weighted by molar-refractivity contribution is 6.23. The van der Waals surface area contributed by atoms with Crippen LogP contribution in [0.4, 0.5) is 0 Å². The summed E-state index contributed by atoms with van der Waals surface area (Å²) < 4.78 is 10.8. The van der Waals surface area contributed by atoms with E-state index in [2.05, 4.69) is 5.32 Å². The van der Waals surface area contributed by atoms with E-state index in [-0.39, 0.29) is 30.8 Å². The van der Waals surface area contributed by atoms with Crippen LogP contribution in [0.25, 0.3) is 0 Å². The van der Waals surface area contributed by atoms with Gasteiger partial charge in [-0.05, 0) is 63.5 Å². The Morgan fingerprint density at radius 3 is 2.53 bits per heavy atom. The summed E-state index contributed by atoms with van der Waals surface area (Å²) in [6.45, 7) is 2.61. The molecule has 0 bridgehead atoms. The van der Waals surface area contributed by atoms with Gasteiger partial charge in [0.2, 0.25) is 0 Å². The number of carbonyl (C=O) groups excluding carboxylic acids is 3. The number of nitrogens with two attached hydrogens (primary N) is 1. The van der Waals surface area contributed by atoms with E-state index in [1.165, 1.54) is 7.11 Å². The number of Topliss-reactive ketones (excluding diaryl/α,β-unsaturated/α-hetero) is 2. The van der Waals surface area contributed by atoms with Gasteiger partial charge < -0.3 is 25.6 Å². The molecule has 0 aromatic heterocycles.